The summed E-state index contributed by atoms with van der Waals surface area (Å²) in [5.41, 5.74) is 5.19. The van der Waals surface area contributed by atoms with E-state index in [2.05, 4.69) is 23.8 Å². The van der Waals surface area contributed by atoms with Gasteiger partial charge in [-0.25, -0.2) is 0 Å². The van der Waals surface area contributed by atoms with Crippen LogP contribution in [0.1, 0.15) is 40.5 Å². The molecule has 0 N–H and O–H groups in total. The summed E-state index contributed by atoms with van der Waals surface area (Å²) < 4.78 is 0. The van der Waals surface area contributed by atoms with Crippen LogP contribution in [0, 0.1) is 0 Å². The van der Waals surface area contributed by atoms with E-state index in [4.69, 9.17) is 0 Å². The maximum Gasteiger partial charge on any atom is 0.0361 e. The number of hydrogen-bond donors (Lipinski definition) is 0. The predicted octanol–water partition coefficient (Wildman–Crippen LogP) is 3.51. The van der Waals surface area contributed by atoms with Gasteiger partial charge in [0.05, 0.1) is 0 Å². The van der Waals surface area contributed by atoms with E-state index < -0.39 is 0 Å². The Bertz CT molecular complexity index is 296. The summed E-state index contributed by atoms with van der Waals surface area (Å²) in [4.78, 5) is 8.14. The van der Waals surface area contributed by atoms with Gasteiger partial charge in [0, 0.05) is 36.7 Å². The van der Waals surface area contributed by atoms with E-state index in [1.807, 2.05) is 26.3 Å². The predicted molar refractivity (Wildman–Crippen MR) is 63.0 cm³/mol. The molecular formula is C12H18N2. The lowest BCUT2D eigenvalue weighted by atomic mass is 10.2. The van der Waals surface area contributed by atoms with Gasteiger partial charge >= 0.3 is 0 Å². The molecule has 0 atom stereocenters. The fraction of sp³-hybridized carbons (Fsp3) is 0.500. The zero-order chi connectivity index (χ0) is 10.6. The molecule has 14 heavy (non-hydrogen) atoms. The zero-order valence-electron chi connectivity index (χ0n) is 9.46. The van der Waals surface area contributed by atoms with E-state index in [1.165, 1.54) is 22.5 Å². The Hall–Kier alpha value is -1.18. The van der Waals surface area contributed by atoms with Gasteiger partial charge in [0.15, 0.2) is 0 Å². The molecular weight excluding hydrogens is 172 g/mol. The second-order valence-electron chi connectivity index (χ2n) is 3.76. The average Bonchev–Trinajstić information content (AvgIpc) is 2.67. The molecule has 0 unspecified atom stereocenters. The zero-order valence-corrected chi connectivity index (χ0v) is 9.46. The summed E-state index contributed by atoms with van der Waals surface area (Å²) >= 11 is 0. The van der Waals surface area contributed by atoms with Crippen LogP contribution in [0.25, 0.3) is 0 Å². The molecule has 0 saturated heterocycles. The molecule has 76 valence electrons. The maximum atomic E-state index is 4.07. The van der Waals surface area contributed by atoms with Crippen LogP contribution in [-0.4, -0.2) is 12.4 Å². The van der Waals surface area contributed by atoms with E-state index in [9.17, 15) is 0 Å². The van der Waals surface area contributed by atoms with Crippen molar-refractivity contribution in [1.29, 1.82) is 0 Å². The second kappa shape index (κ2) is 4.89. The van der Waals surface area contributed by atoms with Crippen molar-refractivity contribution in [3.63, 3.8) is 0 Å². The molecule has 2 heterocycles. The first-order valence-corrected chi connectivity index (χ1v) is 4.99. The molecule has 0 aliphatic carbocycles. The molecule has 2 rings (SSSR count). The van der Waals surface area contributed by atoms with E-state index in [0.717, 1.165) is 12.8 Å². The maximum absolute atomic E-state index is 4.07. The molecule has 0 saturated carbocycles. The lowest BCUT2D eigenvalue weighted by molar-refractivity contribution is 1.22. The Labute approximate surface area is 86.2 Å². The van der Waals surface area contributed by atoms with Gasteiger partial charge in [-0.1, -0.05) is 0 Å². The summed E-state index contributed by atoms with van der Waals surface area (Å²) in [6.45, 7) is 8.31. The van der Waals surface area contributed by atoms with Crippen LogP contribution in [0.5, 0.6) is 0 Å². The molecule has 0 amide bonds. The van der Waals surface area contributed by atoms with E-state index in [0.29, 0.717) is 0 Å². The molecule has 0 spiro atoms. The molecule has 2 heteroatoms. The third-order valence-corrected chi connectivity index (χ3v) is 2.60. The van der Waals surface area contributed by atoms with Crippen molar-refractivity contribution in [1.82, 2.24) is 0 Å². The van der Waals surface area contributed by atoms with Gasteiger partial charge < -0.3 is 0 Å². The monoisotopic (exact) mass is 190 g/mol. The summed E-state index contributed by atoms with van der Waals surface area (Å²) in [7, 11) is 0. The highest BCUT2D eigenvalue weighted by molar-refractivity contribution is 5.66. The minimum Gasteiger partial charge on any atom is -0.266 e. The number of aliphatic imine (C=N–C) groups is 2. The molecule has 2 nitrogen and oxygen atoms in total. The fourth-order valence-corrected chi connectivity index (χ4v) is 1.15. The Kier molecular flexibility index (Phi) is 3.81. The Morgan fingerprint density at radius 2 is 1.14 bits per heavy atom. The Morgan fingerprint density at radius 1 is 0.786 bits per heavy atom. The SMILES string of the molecule is CC1=C(C)N=CC1.CC1=C(C)N=CC1. The first-order chi connectivity index (χ1) is 6.61. The molecule has 2 aliphatic rings. The van der Waals surface area contributed by atoms with Crippen LogP contribution >= 0.6 is 0 Å². The normalized spacial score (nSPS) is 19.1. The first kappa shape index (κ1) is 10.9. The average molecular weight is 190 g/mol. The first-order valence-electron chi connectivity index (χ1n) is 4.99. The summed E-state index contributed by atoms with van der Waals surface area (Å²) in [6, 6.07) is 0. The van der Waals surface area contributed by atoms with Gasteiger partial charge in [0.25, 0.3) is 0 Å². The van der Waals surface area contributed by atoms with E-state index in [-0.39, 0.29) is 0 Å². The number of allylic oxidation sites excluding steroid dienone is 4. The summed E-state index contributed by atoms with van der Waals surface area (Å²) in [6.07, 6.45) is 6.02. The molecule has 0 aromatic heterocycles. The van der Waals surface area contributed by atoms with Gasteiger partial charge in [0.1, 0.15) is 0 Å². The number of nitrogens with zero attached hydrogens (tertiary/aromatic N) is 2. The van der Waals surface area contributed by atoms with Gasteiger partial charge in [-0.15, -0.1) is 0 Å². The van der Waals surface area contributed by atoms with Gasteiger partial charge in [-0.2, -0.15) is 0 Å². The minimum atomic E-state index is 1.06. The number of hydrogen-bond acceptors (Lipinski definition) is 2. The van der Waals surface area contributed by atoms with Crippen molar-refractivity contribution < 1.29 is 0 Å². The second-order valence-corrected chi connectivity index (χ2v) is 3.76. The number of rotatable bonds is 0. The van der Waals surface area contributed by atoms with Crippen molar-refractivity contribution in [3.8, 4) is 0 Å². The lowest BCUT2D eigenvalue weighted by Crippen LogP contribution is -1.69. The summed E-state index contributed by atoms with van der Waals surface area (Å²) in [5, 5.41) is 0. The Morgan fingerprint density at radius 3 is 1.21 bits per heavy atom. The van der Waals surface area contributed by atoms with Crippen LogP contribution in [-0.2, 0) is 0 Å². The highest BCUT2D eigenvalue weighted by atomic mass is 14.7. The van der Waals surface area contributed by atoms with Crippen LogP contribution in [0.3, 0.4) is 0 Å². The molecule has 2 aliphatic heterocycles. The third-order valence-electron chi connectivity index (χ3n) is 2.60. The molecule has 0 aromatic rings. The summed E-state index contributed by atoms with van der Waals surface area (Å²) in [5.74, 6) is 0. The van der Waals surface area contributed by atoms with Gasteiger partial charge in [-0.3, -0.25) is 9.98 Å². The van der Waals surface area contributed by atoms with Gasteiger partial charge in [-0.05, 0) is 38.8 Å². The Balaban J connectivity index is 0.000000140. The van der Waals surface area contributed by atoms with Crippen LogP contribution in [0.4, 0.5) is 0 Å². The van der Waals surface area contributed by atoms with Crippen LogP contribution in [0.2, 0.25) is 0 Å². The molecule has 0 radical (unpaired) electrons. The topological polar surface area (TPSA) is 24.7 Å². The molecule has 0 aromatic carbocycles. The lowest BCUT2D eigenvalue weighted by Gasteiger charge is -1.85. The van der Waals surface area contributed by atoms with E-state index >= 15 is 0 Å². The van der Waals surface area contributed by atoms with Crippen LogP contribution in [0.15, 0.2) is 32.5 Å². The fourth-order valence-electron chi connectivity index (χ4n) is 1.15. The van der Waals surface area contributed by atoms with Crippen molar-refractivity contribution in [2.75, 3.05) is 0 Å². The van der Waals surface area contributed by atoms with Crippen molar-refractivity contribution in [2.45, 2.75) is 40.5 Å². The highest BCUT2D eigenvalue weighted by Crippen LogP contribution is 2.13. The molecule has 0 bridgehead atoms. The van der Waals surface area contributed by atoms with E-state index in [1.54, 1.807) is 0 Å². The minimum absolute atomic E-state index is 1.06. The molecule has 0 fully saturated rings. The van der Waals surface area contributed by atoms with Crippen molar-refractivity contribution in [2.24, 2.45) is 9.98 Å². The highest BCUT2D eigenvalue weighted by Gasteiger charge is 1.97. The smallest absolute Gasteiger partial charge is 0.0361 e. The third kappa shape index (κ3) is 2.95. The van der Waals surface area contributed by atoms with Crippen LogP contribution < -0.4 is 0 Å². The largest absolute Gasteiger partial charge is 0.266 e. The van der Waals surface area contributed by atoms with Gasteiger partial charge in [0.2, 0.25) is 0 Å². The standard InChI is InChI=1S/2C6H9N/c2*1-5-3-4-7-6(5)2/h2*4H,3H2,1-2H3. The quantitative estimate of drug-likeness (QED) is 0.558. The van der Waals surface area contributed by atoms with Crippen molar-refractivity contribution in [3.05, 3.63) is 22.5 Å². The van der Waals surface area contributed by atoms with Crippen molar-refractivity contribution >= 4 is 12.4 Å².